The number of carbonyl (C=O) groups is 1. The number of nitrogens with zero attached hydrogens (tertiary/aromatic N) is 1. The number of benzene rings is 2. The number of amides is 1. The van der Waals surface area contributed by atoms with Gasteiger partial charge in [-0.1, -0.05) is 0 Å². The molecule has 0 fully saturated rings. The third-order valence-electron chi connectivity index (χ3n) is 2.82. The highest BCUT2D eigenvalue weighted by Crippen LogP contribution is 2.22. The van der Waals surface area contributed by atoms with Crippen molar-refractivity contribution in [2.24, 2.45) is 0 Å². The maximum absolute atomic E-state index is 13.2. The first-order chi connectivity index (χ1) is 9.88. The van der Waals surface area contributed by atoms with E-state index < -0.39 is 28.2 Å². The van der Waals surface area contributed by atoms with Gasteiger partial charge in [-0.15, -0.1) is 0 Å². The van der Waals surface area contributed by atoms with Crippen LogP contribution in [0.4, 0.5) is 20.2 Å². The molecule has 0 aliphatic rings. The van der Waals surface area contributed by atoms with Gasteiger partial charge in [-0.25, -0.2) is 4.39 Å². The van der Waals surface area contributed by atoms with E-state index >= 15 is 0 Å². The standard InChI is InChI=1S/C14H10F2N2O3/c1-8-6-9(2-4-11(8)15)14(19)17-10-3-5-12(16)13(7-10)18(20)21/h2-7H,1H3,(H,17,19). The molecule has 0 aliphatic heterocycles. The van der Waals surface area contributed by atoms with E-state index in [4.69, 9.17) is 0 Å². The molecule has 0 atom stereocenters. The van der Waals surface area contributed by atoms with Gasteiger partial charge in [-0.3, -0.25) is 14.9 Å². The van der Waals surface area contributed by atoms with E-state index in [1.54, 1.807) is 0 Å². The van der Waals surface area contributed by atoms with Crippen molar-refractivity contribution in [3.05, 3.63) is 69.3 Å². The zero-order valence-corrected chi connectivity index (χ0v) is 10.9. The maximum Gasteiger partial charge on any atom is 0.306 e. The average Bonchev–Trinajstić information content (AvgIpc) is 2.43. The van der Waals surface area contributed by atoms with E-state index in [-0.39, 0.29) is 11.3 Å². The fourth-order valence-corrected chi connectivity index (χ4v) is 1.72. The topological polar surface area (TPSA) is 72.2 Å². The van der Waals surface area contributed by atoms with Gasteiger partial charge in [-0.05, 0) is 42.8 Å². The molecule has 0 bridgehead atoms. The predicted molar refractivity (Wildman–Crippen MR) is 72.1 cm³/mol. The van der Waals surface area contributed by atoms with Gasteiger partial charge in [0.1, 0.15) is 5.82 Å². The lowest BCUT2D eigenvalue weighted by atomic mass is 10.1. The van der Waals surface area contributed by atoms with Gasteiger partial charge in [0.2, 0.25) is 5.82 Å². The Hall–Kier alpha value is -2.83. The summed E-state index contributed by atoms with van der Waals surface area (Å²) in [6.07, 6.45) is 0. The number of nitrogens with one attached hydrogen (secondary N) is 1. The van der Waals surface area contributed by atoms with Crippen LogP contribution in [0.3, 0.4) is 0 Å². The number of carbonyl (C=O) groups excluding carboxylic acids is 1. The van der Waals surface area contributed by atoms with Crippen molar-refractivity contribution >= 4 is 17.3 Å². The lowest BCUT2D eigenvalue weighted by molar-refractivity contribution is -0.387. The Kier molecular flexibility index (Phi) is 3.93. The second kappa shape index (κ2) is 5.66. The Morgan fingerprint density at radius 3 is 2.43 bits per heavy atom. The van der Waals surface area contributed by atoms with E-state index in [1.807, 2.05) is 0 Å². The fourth-order valence-electron chi connectivity index (χ4n) is 1.72. The SMILES string of the molecule is Cc1cc(C(=O)Nc2ccc(F)c([N+](=O)[O-])c2)ccc1F. The smallest absolute Gasteiger partial charge is 0.306 e. The molecule has 2 aromatic rings. The van der Waals surface area contributed by atoms with Crippen LogP contribution in [0.5, 0.6) is 0 Å². The first-order valence-electron chi connectivity index (χ1n) is 5.90. The molecule has 21 heavy (non-hydrogen) atoms. The zero-order valence-electron chi connectivity index (χ0n) is 10.9. The number of hydrogen-bond acceptors (Lipinski definition) is 3. The van der Waals surface area contributed by atoms with Gasteiger partial charge in [0, 0.05) is 17.3 Å². The Morgan fingerprint density at radius 2 is 1.81 bits per heavy atom. The number of nitro benzene ring substituents is 1. The lowest BCUT2D eigenvalue weighted by Gasteiger charge is -2.06. The molecule has 0 saturated heterocycles. The largest absolute Gasteiger partial charge is 0.322 e. The van der Waals surface area contributed by atoms with Crippen LogP contribution in [0, 0.1) is 28.7 Å². The molecule has 7 heteroatoms. The molecule has 0 aromatic heterocycles. The molecule has 0 saturated carbocycles. The maximum atomic E-state index is 13.2. The van der Waals surface area contributed by atoms with Crippen molar-refractivity contribution in [1.82, 2.24) is 0 Å². The van der Waals surface area contributed by atoms with Gasteiger partial charge >= 0.3 is 5.69 Å². The van der Waals surface area contributed by atoms with E-state index in [2.05, 4.69) is 5.32 Å². The molecule has 0 radical (unpaired) electrons. The van der Waals surface area contributed by atoms with Crippen LogP contribution < -0.4 is 5.32 Å². The fraction of sp³-hybridized carbons (Fsp3) is 0.0714. The second-order valence-electron chi connectivity index (χ2n) is 4.34. The summed E-state index contributed by atoms with van der Waals surface area (Å²) >= 11 is 0. The van der Waals surface area contributed by atoms with Gasteiger partial charge in [0.15, 0.2) is 0 Å². The minimum Gasteiger partial charge on any atom is -0.322 e. The molecule has 2 rings (SSSR count). The van der Waals surface area contributed by atoms with Gasteiger partial charge in [0.25, 0.3) is 5.91 Å². The number of hydrogen-bond donors (Lipinski definition) is 1. The molecule has 1 N–H and O–H groups in total. The summed E-state index contributed by atoms with van der Waals surface area (Å²) in [4.78, 5) is 21.7. The van der Waals surface area contributed by atoms with Crippen molar-refractivity contribution in [3.63, 3.8) is 0 Å². The van der Waals surface area contributed by atoms with Crippen LogP contribution >= 0.6 is 0 Å². The van der Waals surface area contributed by atoms with Crippen LogP contribution in [0.1, 0.15) is 15.9 Å². The van der Waals surface area contributed by atoms with Crippen molar-refractivity contribution in [1.29, 1.82) is 0 Å². The molecule has 1 amide bonds. The summed E-state index contributed by atoms with van der Waals surface area (Å²) in [6.45, 7) is 1.51. The minimum absolute atomic E-state index is 0.0788. The summed E-state index contributed by atoms with van der Waals surface area (Å²) in [6, 6.07) is 6.81. The highest BCUT2D eigenvalue weighted by atomic mass is 19.1. The van der Waals surface area contributed by atoms with Crippen LogP contribution in [0.15, 0.2) is 36.4 Å². The van der Waals surface area contributed by atoms with E-state index in [0.29, 0.717) is 5.56 Å². The van der Waals surface area contributed by atoms with Crippen LogP contribution in [0.25, 0.3) is 0 Å². The number of anilines is 1. The number of halogens is 2. The number of aryl methyl sites for hydroxylation is 1. The minimum atomic E-state index is -0.990. The van der Waals surface area contributed by atoms with Crippen LogP contribution in [-0.4, -0.2) is 10.8 Å². The predicted octanol–water partition coefficient (Wildman–Crippen LogP) is 3.43. The summed E-state index contributed by atoms with van der Waals surface area (Å²) in [5.74, 6) is -2.00. The molecule has 108 valence electrons. The van der Waals surface area contributed by atoms with Crippen LogP contribution in [-0.2, 0) is 0 Å². The second-order valence-corrected chi connectivity index (χ2v) is 4.34. The summed E-state index contributed by atoms with van der Waals surface area (Å²) in [5, 5.41) is 13.0. The first-order valence-corrected chi connectivity index (χ1v) is 5.90. The number of nitro groups is 1. The molecule has 0 spiro atoms. The van der Waals surface area contributed by atoms with Crippen molar-refractivity contribution in [3.8, 4) is 0 Å². The quantitative estimate of drug-likeness (QED) is 0.695. The Morgan fingerprint density at radius 1 is 1.14 bits per heavy atom. The number of rotatable bonds is 3. The van der Waals surface area contributed by atoms with E-state index in [0.717, 1.165) is 18.2 Å². The molecule has 0 aliphatic carbocycles. The normalized spacial score (nSPS) is 10.2. The molecule has 0 unspecified atom stereocenters. The monoisotopic (exact) mass is 292 g/mol. The lowest BCUT2D eigenvalue weighted by Crippen LogP contribution is -2.12. The van der Waals surface area contributed by atoms with E-state index in [9.17, 15) is 23.7 Å². The summed E-state index contributed by atoms with van der Waals surface area (Å²) in [7, 11) is 0. The van der Waals surface area contributed by atoms with Crippen molar-refractivity contribution in [2.75, 3.05) is 5.32 Å². The van der Waals surface area contributed by atoms with Crippen LogP contribution in [0.2, 0.25) is 0 Å². The third-order valence-corrected chi connectivity index (χ3v) is 2.82. The zero-order chi connectivity index (χ0) is 15.6. The highest BCUT2D eigenvalue weighted by Gasteiger charge is 2.16. The Balaban J connectivity index is 2.25. The molecular formula is C14H10F2N2O3. The third kappa shape index (κ3) is 3.19. The Labute approximate surface area is 118 Å². The Bertz CT molecular complexity index is 732. The van der Waals surface area contributed by atoms with E-state index in [1.165, 1.54) is 25.1 Å². The average molecular weight is 292 g/mol. The highest BCUT2D eigenvalue weighted by molar-refractivity contribution is 6.04. The van der Waals surface area contributed by atoms with Gasteiger partial charge in [-0.2, -0.15) is 4.39 Å². The molecule has 2 aromatic carbocycles. The van der Waals surface area contributed by atoms with Gasteiger partial charge in [0.05, 0.1) is 4.92 Å². The molecule has 5 nitrogen and oxygen atoms in total. The summed E-state index contributed by atoms with van der Waals surface area (Å²) < 4.78 is 26.3. The molecular weight excluding hydrogens is 282 g/mol. The van der Waals surface area contributed by atoms with Crippen molar-refractivity contribution in [2.45, 2.75) is 6.92 Å². The van der Waals surface area contributed by atoms with Crippen molar-refractivity contribution < 1.29 is 18.5 Å². The molecule has 0 heterocycles. The summed E-state index contributed by atoms with van der Waals surface area (Å²) in [5.41, 5.74) is -0.160. The first kappa shape index (κ1) is 14.6. The van der Waals surface area contributed by atoms with Gasteiger partial charge < -0.3 is 5.32 Å².